The maximum Gasteiger partial charge on any atom is 0.329 e. The number of amides is 2. The highest BCUT2D eigenvalue weighted by Gasteiger charge is 2.38. The zero-order valence-corrected chi connectivity index (χ0v) is 12.4. The van der Waals surface area contributed by atoms with Crippen molar-refractivity contribution in [2.24, 2.45) is 5.92 Å². The fourth-order valence-corrected chi connectivity index (χ4v) is 2.07. The fraction of sp³-hybridized carbons (Fsp3) is 0.769. The third-order valence-electron chi connectivity index (χ3n) is 3.95. The maximum absolute atomic E-state index is 12.3. The Labute approximate surface area is 118 Å². The second-order valence-electron chi connectivity index (χ2n) is 5.49. The number of piperidine rings is 1. The summed E-state index contributed by atoms with van der Waals surface area (Å²) in [5.41, 5.74) is -1.27. The van der Waals surface area contributed by atoms with Crippen molar-refractivity contribution in [3.8, 4) is 0 Å². The number of carbonyl (C=O) groups excluding carboxylic acids is 2. The molecule has 0 radical (unpaired) electrons. The Morgan fingerprint density at radius 2 is 1.75 bits per heavy atom. The van der Waals surface area contributed by atoms with E-state index in [-0.39, 0.29) is 17.9 Å². The molecule has 1 heterocycles. The average molecular weight is 286 g/mol. The van der Waals surface area contributed by atoms with Crippen LogP contribution in [-0.2, 0) is 14.3 Å². The summed E-state index contributed by atoms with van der Waals surface area (Å²) in [7, 11) is 2.83. The van der Waals surface area contributed by atoms with Gasteiger partial charge >= 0.3 is 18.0 Å². The van der Waals surface area contributed by atoms with Gasteiger partial charge in [-0.15, -0.1) is 0 Å². The molecule has 20 heavy (non-hydrogen) atoms. The van der Waals surface area contributed by atoms with Crippen LogP contribution in [0.2, 0.25) is 0 Å². The second kappa shape index (κ2) is 6.11. The van der Waals surface area contributed by atoms with Gasteiger partial charge in [-0.25, -0.2) is 9.59 Å². The Morgan fingerprint density at radius 3 is 2.15 bits per heavy atom. The highest BCUT2D eigenvalue weighted by atomic mass is 16.5. The summed E-state index contributed by atoms with van der Waals surface area (Å²) >= 11 is 0. The number of likely N-dealkylation sites (tertiary alicyclic amines) is 1. The highest BCUT2D eigenvalue weighted by molar-refractivity contribution is 5.85. The van der Waals surface area contributed by atoms with Gasteiger partial charge in [-0.05, 0) is 26.7 Å². The van der Waals surface area contributed by atoms with Crippen LogP contribution < -0.4 is 0 Å². The quantitative estimate of drug-likeness (QED) is 0.775. The molecule has 7 heteroatoms. The van der Waals surface area contributed by atoms with Crippen molar-refractivity contribution in [2.45, 2.75) is 32.2 Å². The first kappa shape index (κ1) is 16.3. The Hall–Kier alpha value is -1.79. The molecule has 0 aromatic heterocycles. The molecule has 0 saturated carbocycles. The Balaban J connectivity index is 2.63. The number of methoxy groups -OCH3 is 1. The fourth-order valence-electron chi connectivity index (χ4n) is 2.07. The van der Waals surface area contributed by atoms with Crippen molar-refractivity contribution in [1.82, 2.24) is 9.80 Å². The van der Waals surface area contributed by atoms with E-state index < -0.39 is 11.5 Å². The van der Waals surface area contributed by atoms with E-state index in [1.54, 1.807) is 4.90 Å². The molecular weight excluding hydrogens is 264 g/mol. The predicted molar refractivity (Wildman–Crippen MR) is 71.2 cm³/mol. The first-order valence-electron chi connectivity index (χ1n) is 6.55. The molecule has 0 unspecified atom stereocenters. The summed E-state index contributed by atoms with van der Waals surface area (Å²) in [5, 5.41) is 9.13. The first-order valence-corrected chi connectivity index (χ1v) is 6.55. The summed E-state index contributed by atoms with van der Waals surface area (Å²) in [6.45, 7) is 3.82. The van der Waals surface area contributed by atoms with E-state index >= 15 is 0 Å². The number of urea groups is 1. The van der Waals surface area contributed by atoms with Crippen molar-refractivity contribution in [3.05, 3.63) is 0 Å². The SMILES string of the molecule is COC(=O)C1CCN(C(=O)N(C)C(C)(C)C(=O)O)CC1. The topological polar surface area (TPSA) is 87.2 Å². The number of nitrogens with zero attached hydrogens (tertiary/aromatic N) is 2. The summed E-state index contributed by atoms with van der Waals surface area (Å²) < 4.78 is 4.69. The third-order valence-corrected chi connectivity index (χ3v) is 3.95. The standard InChI is InChI=1S/C13H22N2O5/c1-13(2,11(17)18)14(3)12(19)15-7-5-9(6-8-15)10(16)20-4/h9H,5-8H2,1-4H3,(H,17,18). The number of hydrogen-bond donors (Lipinski definition) is 1. The van der Waals surface area contributed by atoms with Crippen LogP contribution in [0.5, 0.6) is 0 Å². The lowest BCUT2D eigenvalue weighted by atomic mass is 9.97. The number of aliphatic carboxylic acids is 1. The largest absolute Gasteiger partial charge is 0.480 e. The number of carboxylic acid groups (broad SMARTS) is 1. The van der Waals surface area contributed by atoms with Crippen LogP contribution in [0.1, 0.15) is 26.7 Å². The molecule has 114 valence electrons. The summed E-state index contributed by atoms with van der Waals surface area (Å²) in [6, 6.07) is -0.333. The number of carbonyl (C=O) groups is 3. The molecule has 1 rings (SSSR count). The monoisotopic (exact) mass is 286 g/mol. The second-order valence-corrected chi connectivity index (χ2v) is 5.49. The molecule has 2 amide bonds. The lowest BCUT2D eigenvalue weighted by molar-refractivity contribution is -0.147. The number of rotatable bonds is 3. The Bertz CT molecular complexity index is 400. The van der Waals surface area contributed by atoms with E-state index in [0.717, 1.165) is 0 Å². The number of ether oxygens (including phenoxy) is 1. The van der Waals surface area contributed by atoms with E-state index in [2.05, 4.69) is 4.74 Å². The van der Waals surface area contributed by atoms with Crippen LogP contribution in [0.25, 0.3) is 0 Å². The Morgan fingerprint density at radius 1 is 1.25 bits per heavy atom. The van der Waals surface area contributed by atoms with Crippen LogP contribution in [-0.4, -0.2) is 65.7 Å². The van der Waals surface area contributed by atoms with Gasteiger partial charge in [0, 0.05) is 20.1 Å². The van der Waals surface area contributed by atoms with E-state index in [4.69, 9.17) is 5.11 Å². The van der Waals surface area contributed by atoms with Crippen LogP contribution >= 0.6 is 0 Å². The molecule has 1 saturated heterocycles. The normalized spacial score (nSPS) is 16.7. The molecule has 0 aromatic carbocycles. The third kappa shape index (κ3) is 3.20. The average Bonchev–Trinajstić information content (AvgIpc) is 2.44. The van der Waals surface area contributed by atoms with Crippen LogP contribution in [0.4, 0.5) is 4.79 Å². The summed E-state index contributed by atoms with van der Waals surface area (Å²) in [4.78, 5) is 37.6. The van der Waals surface area contributed by atoms with Gasteiger partial charge in [-0.2, -0.15) is 0 Å². The molecule has 0 spiro atoms. The minimum Gasteiger partial charge on any atom is -0.480 e. The minimum absolute atomic E-state index is 0.179. The molecule has 1 N–H and O–H groups in total. The highest BCUT2D eigenvalue weighted by Crippen LogP contribution is 2.21. The van der Waals surface area contributed by atoms with Crippen molar-refractivity contribution >= 4 is 18.0 Å². The Kier molecular flexibility index (Phi) is 4.97. The van der Waals surface area contributed by atoms with Crippen molar-refractivity contribution in [3.63, 3.8) is 0 Å². The molecule has 1 fully saturated rings. The lowest BCUT2D eigenvalue weighted by Gasteiger charge is -2.38. The van der Waals surface area contributed by atoms with Crippen LogP contribution in [0.15, 0.2) is 0 Å². The zero-order chi connectivity index (χ0) is 15.5. The number of likely N-dealkylation sites (N-methyl/N-ethyl adjacent to an activating group) is 1. The molecule has 0 aliphatic carbocycles. The smallest absolute Gasteiger partial charge is 0.329 e. The molecule has 7 nitrogen and oxygen atoms in total. The zero-order valence-electron chi connectivity index (χ0n) is 12.4. The minimum atomic E-state index is -1.27. The van der Waals surface area contributed by atoms with Gasteiger partial charge in [0.05, 0.1) is 13.0 Å². The van der Waals surface area contributed by atoms with E-state index in [1.165, 1.54) is 32.9 Å². The van der Waals surface area contributed by atoms with Crippen molar-refractivity contribution < 1.29 is 24.2 Å². The summed E-state index contributed by atoms with van der Waals surface area (Å²) in [5.74, 6) is -1.49. The lowest BCUT2D eigenvalue weighted by Crippen LogP contribution is -2.56. The molecule has 1 aliphatic rings. The molecular formula is C13H22N2O5. The van der Waals surface area contributed by atoms with Gasteiger partial charge in [0.25, 0.3) is 0 Å². The summed E-state index contributed by atoms with van der Waals surface area (Å²) in [6.07, 6.45) is 1.08. The molecule has 0 aromatic rings. The maximum atomic E-state index is 12.3. The van der Waals surface area contributed by atoms with Crippen LogP contribution in [0, 0.1) is 5.92 Å². The van der Waals surface area contributed by atoms with Gasteiger partial charge in [0.1, 0.15) is 5.54 Å². The van der Waals surface area contributed by atoms with Gasteiger partial charge in [0.2, 0.25) is 0 Å². The van der Waals surface area contributed by atoms with E-state index in [1.807, 2.05) is 0 Å². The predicted octanol–water partition coefficient (Wildman–Crippen LogP) is 0.786. The number of esters is 1. The van der Waals surface area contributed by atoms with Crippen LogP contribution in [0.3, 0.4) is 0 Å². The van der Waals surface area contributed by atoms with E-state index in [0.29, 0.717) is 25.9 Å². The van der Waals surface area contributed by atoms with E-state index in [9.17, 15) is 14.4 Å². The molecule has 1 aliphatic heterocycles. The van der Waals surface area contributed by atoms with Gasteiger partial charge in [-0.3, -0.25) is 4.79 Å². The van der Waals surface area contributed by atoms with Crippen molar-refractivity contribution in [2.75, 3.05) is 27.2 Å². The molecule has 0 bridgehead atoms. The number of carboxylic acids is 1. The van der Waals surface area contributed by atoms with Crippen molar-refractivity contribution in [1.29, 1.82) is 0 Å². The number of hydrogen-bond acceptors (Lipinski definition) is 4. The molecule has 0 atom stereocenters. The van der Waals surface area contributed by atoms with Gasteiger partial charge in [0.15, 0.2) is 0 Å². The first-order chi connectivity index (χ1) is 9.21. The van der Waals surface area contributed by atoms with Gasteiger partial charge < -0.3 is 19.6 Å². The van der Waals surface area contributed by atoms with Gasteiger partial charge in [-0.1, -0.05) is 0 Å².